The lowest BCUT2D eigenvalue weighted by atomic mass is 9.85. The van der Waals surface area contributed by atoms with Crippen molar-refractivity contribution in [2.75, 3.05) is 20.6 Å². The Morgan fingerprint density at radius 3 is 2.89 bits per heavy atom. The molecule has 0 radical (unpaired) electrons. The average molecular weight is 244 g/mol. The van der Waals surface area contributed by atoms with Crippen molar-refractivity contribution in [1.29, 1.82) is 0 Å². The van der Waals surface area contributed by atoms with Gasteiger partial charge in [-0.15, -0.1) is 0 Å². The van der Waals surface area contributed by atoms with Crippen molar-refractivity contribution in [1.82, 2.24) is 9.88 Å². The molecule has 1 aromatic rings. The fourth-order valence-electron chi connectivity index (χ4n) is 2.81. The minimum Gasteiger partial charge on any atom is -0.309 e. The zero-order valence-electron chi connectivity index (χ0n) is 11.6. The first-order valence-corrected chi connectivity index (χ1v) is 7.02. The van der Waals surface area contributed by atoms with E-state index in [1.54, 1.807) is 0 Å². The second kappa shape index (κ2) is 6.69. The first-order chi connectivity index (χ1) is 8.77. The van der Waals surface area contributed by atoms with Crippen molar-refractivity contribution in [3.63, 3.8) is 0 Å². The third kappa shape index (κ3) is 3.67. The van der Waals surface area contributed by atoms with E-state index in [9.17, 15) is 0 Å². The largest absolute Gasteiger partial charge is 0.309 e. The van der Waals surface area contributed by atoms with E-state index < -0.39 is 0 Å². The molecule has 0 fully saturated rings. The van der Waals surface area contributed by atoms with Gasteiger partial charge in [-0.1, -0.05) is 25.0 Å². The van der Waals surface area contributed by atoms with E-state index in [1.807, 2.05) is 18.5 Å². The summed E-state index contributed by atoms with van der Waals surface area (Å²) in [6.45, 7) is 1.14. The number of aromatic nitrogens is 1. The maximum atomic E-state index is 4.27. The van der Waals surface area contributed by atoms with E-state index in [-0.39, 0.29) is 0 Å². The number of hydrogen-bond acceptors (Lipinski definition) is 2. The smallest absolute Gasteiger partial charge is 0.0343 e. The fraction of sp³-hybridized carbons (Fsp3) is 0.562. The molecule has 1 aliphatic carbocycles. The van der Waals surface area contributed by atoms with Gasteiger partial charge < -0.3 is 4.90 Å². The van der Waals surface area contributed by atoms with Crippen LogP contribution in [0.5, 0.6) is 0 Å². The quantitative estimate of drug-likeness (QED) is 0.807. The van der Waals surface area contributed by atoms with Gasteiger partial charge in [0.25, 0.3) is 0 Å². The van der Waals surface area contributed by atoms with Gasteiger partial charge in [-0.25, -0.2) is 0 Å². The van der Waals surface area contributed by atoms with Gasteiger partial charge in [0.15, 0.2) is 0 Å². The second-order valence-corrected chi connectivity index (χ2v) is 5.50. The van der Waals surface area contributed by atoms with Gasteiger partial charge in [0.05, 0.1) is 0 Å². The zero-order valence-corrected chi connectivity index (χ0v) is 11.6. The number of pyridine rings is 1. The summed E-state index contributed by atoms with van der Waals surface area (Å²) < 4.78 is 0. The summed E-state index contributed by atoms with van der Waals surface area (Å²) in [6.07, 6.45) is 12.9. The monoisotopic (exact) mass is 244 g/mol. The van der Waals surface area contributed by atoms with Crippen LogP contribution in [0.4, 0.5) is 0 Å². The molecule has 0 saturated heterocycles. The summed E-state index contributed by atoms with van der Waals surface area (Å²) in [5.74, 6) is 0.657. The van der Waals surface area contributed by atoms with E-state index in [0.717, 1.165) is 6.54 Å². The summed E-state index contributed by atoms with van der Waals surface area (Å²) in [5, 5.41) is 0. The van der Waals surface area contributed by atoms with Crippen molar-refractivity contribution in [2.24, 2.45) is 5.92 Å². The van der Waals surface area contributed by atoms with Crippen molar-refractivity contribution in [2.45, 2.75) is 32.1 Å². The van der Waals surface area contributed by atoms with Crippen LogP contribution < -0.4 is 0 Å². The molecule has 98 valence electrons. The van der Waals surface area contributed by atoms with Crippen LogP contribution in [0, 0.1) is 5.92 Å². The van der Waals surface area contributed by atoms with E-state index in [4.69, 9.17) is 0 Å². The highest BCUT2D eigenvalue weighted by atomic mass is 15.1. The highest BCUT2D eigenvalue weighted by molar-refractivity contribution is 5.67. The van der Waals surface area contributed by atoms with Crippen LogP contribution in [0.15, 0.2) is 30.6 Å². The SMILES string of the molecule is CN(C)CC1CCCCCC=C1c1cccnc1. The Hall–Kier alpha value is -1.15. The minimum absolute atomic E-state index is 0.657. The minimum atomic E-state index is 0.657. The number of nitrogens with zero attached hydrogens (tertiary/aromatic N) is 2. The molecular formula is C16H24N2. The number of hydrogen-bond donors (Lipinski definition) is 0. The molecule has 1 aromatic heterocycles. The molecule has 2 nitrogen and oxygen atoms in total. The lowest BCUT2D eigenvalue weighted by Gasteiger charge is -2.25. The van der Waals surface area contributed by atoms with Gasteiger partial charge in [0.2, 0.25) is 0 Å². The molecule has 0 aliphatic heterocycles. The van der Waals surface area contributed by atoms with Gasteiger partial charge in [0, 0.05) is 18.9 Å². The zero-order chi connectivity index (χ0) is 12.8. The lowest BCUT2D eigenvalue weighted by Crippen LogP contribution is -2.23. The maximum Gasteiger partial charge on any atom is 0.0343 e. The molecule has 0 saturated carbocycles. The average Bonchev–Trinajstić information content (AvgIpc) is 2.34. The molecule has 18 heavy (non-hydrogen) atoms. The van der Waals surface area contributed by atoms with Crippen molar-refractivity contribution in [3.05, 3.63) is 36.2 Å². The van der Waals surface area contributed by atoms with Crippen LogP contribution in [-0.2, 0) is 0 Å². The molecule has 0 bridgehead atoms. The molecule has 1 atom stereocenters. The summed E-state index contributed by atoms with van der Waals surface area (Å²) in [6, 6.07) is 4.24. The maximum absolute atomic E-state index is 4.27. The fourth-order valence-corrected chi connectivity index (χ4v) is 2.81. The van der Waals surface area contributed by atoms with Crippen LogP contribution in [0.3, 0.4) is 0 Å². The molecule has 1 heterocycles. The molecule has 2 heteroatoms. The normalized spacial score (nSPS) is 21.3. The van der Waals surface area contributed by atoms with Gasteiger partial charge in [-0.05, 0) is 56.5 Å². The van der Waals surface area contributed by atoms with E-state index >= 15 is 0 Å². The summed E-state index contributed by atoms with van der Waals surface area (Å²) in [4.78, 5) is 6.58. The Balaban J connectivity index is 2.24. The van der Waals surface area contributed by atoms with E-state index in [0.29, 0.717) is 5.92 Å². The first kappa shape index (κ1) is 13.3. The number of rotatable bonds is 3. The molecule has 0 amide bonds. The topological polar surface area (TPSA) is 16.1 Å². The van der Waals surface area contributed by atoms with Crippen molar-refractivity contribution >= 4 is 5.57 Å². The van der Waals surface area contributed by atoms with Gasteiger partial charge in [-0.2, -0.15) is 0 Å². The molecular weight excluding hydrogens is 220 g/mol. The third-order valence-electron chi connectivity index (χ3n) is 3.64. The van der Waals surface area contributed by atoms with Gasteiger partial charge >= 0.3 is 0 Å². The molecule has 1 unspecified atom stereocenters. The predicted molar refractivity (Wildman–Crippen MR) is 77.3 cm³/mol. The summed E-state index contributed by atoms with van der Waals surface area (Å²) >= 11 is 0. The predicted octanol–water partition coefficient (Wildman–Crippen LogP) is 3.61. The van der Waals surface area contributed by atoms with Crippen LogP contribution >= 0.6 is 0 Å². The van der Waals surface area contributed by atoms with E-state index in [1.165, 1.54) is 43.2 Å². The molecule has 0 N–H and O–H groups in total. The van der Waals surface area contributed by atoms with Crippen LogP contribution in [0.2, 0.25) is 0 Å². The van der Waals surface area contributed by atoms with Crippen LogP contribution in [0.1, 0.15) is 37.7 Å². The van der Waals surface area contributed by atoms with Crippen molar-refractivity contribution < 1.29 is 0 Å². The van der Waals surface area contributed by atoms with Crippen LogP contribution in [0.25, 0.3) is 5.57 Å². The second-order valence-electron chi connectivity index (χ2n) is 5.50. The Labute approximate surface area is 111 Å². The Morgan fingerprint density at radius 2 is 2.17 bits per heavy atom. The van der Waals surface area contributed by atoms with Crippen LogP contribution in [-0.4, -0.2) is 30.5 Å². The Morgan fingerprint density at radius 1 is 1.28 bits per heavy atom. The Bertz CT molecular complexity index is 381. The third-order valence-corrected chi connectivity index (χ3v) is 3.64. The highest BCUT2D eigenvalue weighted by Crippen LogP contribution is 2.30. The van der Waals surface area contributed by atoms with Gasteiger partial charge in [0.1, 0.15) is 0 Å². The van der Waals surface area contributed by atoms with Gasteiger partial charge in [-0.3, -0.25) is 4.98 Å². The standard InChI is InChI=1S/C16H24N2/c1-18(2)13-15-8-5-3-4-6-10-16(15)14-9-7-11-17-12-14/h7,9-12,15H,3-6,8,13H2,1-2H3. The first-order valence-electron chi connectivity index (χ1n) is 7.02. The lowest BCUT2D eigenvalue weighted by molar-refractivity contribution is 0.346. The molecule has 0 spiro atoms. The molecule has 0 aromatic carbocycles. The molecule has 2 rings (SSSR count). The van der Waals surface area contributed by atoms with Crippen molar-refractivity contribution in [3.8, 4) is 0 Å². The summed E-state index contributed by atoms with van der Waals surface area (Å²) in [5.41, 5.74) is 2.82. The molecule has 1 aliphatic rings. The summed E-state index contributed by atoms with van der Waals surface area (Å²) in [7, 11) is 4.33. The highest BCUT2D eigenvalue weighted by Gasteiger charge is 2.18. The number of allylic oxidation sites excluding steroid dienone is 1. The van der Waals surface area contributed by atoms with E-state index in [2.05, 4.69) is 36.1 Å². The Kier molecular flexibility index (Phi) is 4.94.